The van der Waals surface area contributed by atoms with Crippen LogP contribution in [0, 0.1) is 0 Å². The normalized spacial score (nSPS) is 24.4. The third-order valence-corrected chi connectivity index (χ3v) is 9.91. The number of nitrogens with zero attached hydrogens (tertiary/aromatic N) is 1. The zero-order valence-electron chi connectivity index (χ0n) is 36.4. The Hall–Kier alpha value is -4.39. The van der Waals surface area contributed by atoms with Crippen LogP contribution in [0.25, 0.3) is 0 Å². The Balaban J connectivity index is 0.000000346. The van der Waals surface area contributed by atoms with Crippen molar-refractivity contribution >= 4 is 17.8 Å². The SMILES string of the molecule is CCCCO[C@H]1COC[C@H](NC(=O)c2nccc(OC)c2O)C(=O)O[C@@H](C)[C@@H]1OCc1ccccc1.CCCCO[C@H]1COC[C@H]([NH3+])C(=O)O[C@@H](C)[C@@H]1OCc1ccccc1.[Cl-]. The van der Waals surface area contributed by atoms with Gasteiger partial charge in [0, 0.05) is 25.5 Å². The number of ether oxygens (including phenoxy) is 9. The van der Waals surface area contributed by atoms with Gasteiger partial charge < -0.3 is 71.2 Å². The maximum atomic E-state index is 13.0. The number of rotatable bonds is 17. The number of esters is 2. The summed E-state index contributed by atoms with van der Waals surface area (Å²) >= 11 is 0. The number of quaternary nitrogens is 1. The van der Waals surface area contributed by atoms with Gasteiger partial charge in [0.15, 0.2) is 23.2 Å². The molecule has 0 spiro atoms. The third-order valence-electron chi connectivity index (χ3n) is 9.91. The minimum Gasteiger partial charge on any atom is -1.00 e. The fourth-order valence-electron chi connectivity index (χ4n) is 6.40. The van der Waals surface area contributed by atoms with Gasteiger partial charge in [-0.1, -0.05) is 87.4 Å². The molecule has 1 aromatic heterocycles. The van der Waals surface area contributed by atoms with Crippen LogP contribution in [0.15, 0.2) is 72.9 Å². The predicted molar refractivity (Wildman–Crippen MR) is 222 cm³/mol. The van der Waals surface area contributed by atoms with Gasteiger partial charge in [-0.25, -0.2) is 14.6 Å². The van der Waals surface area contributed by atoms with Crippen LogP contribution in [0.2, 0.25) is 0 Å². The number of aromatic hydroxyl groups is 1. The van der Waals surface area contributed by atoms with Crippen LogP contribution >= 0.6 is 0 Å². The molecule has 1 amide bonds. The Morgan fingerprint density at radius 3 is 1.76 bits per heavy atom. The first-order valence-electron chi connectivity index (χ1n) is 21.0. The molecule has 0 radical (unpaired) electrons. The number of aromatic nitrogens is 1. The van der Waals surface area contributed by atoms with Crippen LogP contribution in [0.4, 0.5) is 0 Å². The number of cyclic esters (lactones) is 2. The highest BCUT2D eigenvalue weighted by atomic mass is 35.5. The third kappa shape index (κ3) is 16.7. The van der Waals surface area contributed by atoms with Gasteiger partial charge in [0.25, 0.3) is 5.91 Å². The molecule has 5 N–H and O–H groups in total. The second-order valence-electron chi connectivity index (χ2n) is 14.8. The summed E-state index contributed by atoms with van der Waals surface area (Å²) in [6, 6.07) is 19.3. The first-order chi connectivity index (χ1) is 29.6. The van der Waals surface area contributed by atoms with Crippen LogP contribution < -0.4 is 28.2 Å². The van der Waals surface area contributed by atoms with E-state index in [9.17, 15) is 19.5 Å². The van der Waals surface area contributed by atoms with Crippen LogP contribution in [-0.2, 0) is 60.7 Å². The molecule has 2 fully saturated rings. The molecule has 0 saturated carbocycles. The van der Waals surface area contributed by atoms with E-state index >= 15 is 0 Å². The maximum absolute atomic E-state index is 13.0. The van der Waals surface area contributed by atoms with Crippen molar-refractivity contribution in [2.24, 2.45) is 0 Å². The van der Waals surface area contributed by atoms with Gasteiger partial charge in [-0.05, 0) is 37.8 Å². The molecule has 8 atom stereocenters. The molecule has 2 saturated heterocycles. The summed E-state index contributed by atoms with van der Waals surface area (Å²) < 4.78 is 52.0. The number of halogens is 1. The van der Waals surface area contributed by atoms with Gasteiger partial charge in [-0.15, -0.1) is 0 Å². The summed E-state index contributed by atoms with van der Waals surface area (Å²) in [6.45, 7) is 10.2. The summed E-state index contributed by atoms with van der Waals surface area (Å²) in [7, 11) is 1.36. The minimum absolute atomic E-state index is 0. The van der Waals surface area contributed by atoms with Crippen LogP contribution in [0.3, 0.4) is 0 Å². The molecule has 3 aromatic rings. The van der Waals surface area contributed by atoms with E-state index in [1.165, 1.54) is 19.4 Å². The first kappa shape index (κ1) is 52.0. The van der Waals surface area contributed by atoms with Gasteiger partial charge in [0.05, 0.1) is 40.1 Å². The van der Waals surface area contributed by atoms with Crippen molar-refractivity contribution in [2.45, 2.75) is 115 Å². The van der Waals surface area contributed by atoms with Crippen molar-refractivity contribution in [2.75, 3.05) is 46.8 Å². The van der Waals surface area contributed by atoms with Gasteiger partial charge in [-0.2, -0.15) is 0 Å². The highest BCUT2D eigenvalue weighted by molar-refractivity contribution is 5.98. The summed E-state index contributed by atoms with van der Waals surface area (Å²) in [4.78, 5) is 41.7. The topological polar surface area (TPSA) is 207 Å². The number of hydrogen-bond acceptors (Lipinski definition) is 14. The van der Waals surface area contributed by atoms with E-state index in [0.717, 1.165) is 36.8 Å². The van der Waals surface area contributed by atoms with Crippen LogP contribution in [0.1, 0.15) is 75.0 Å². The molecule has 2 aliphatic rings. The lowest BCUT2D eigenvalue weighted by molar-refractivity contribution is -0.415. The van der Waals surface area contributed by atoms with E-state index in [-0.39, 0.29) is 55.7 Å². The average Bonchev–Trinajstić information content (AvgIpc) is 3.34. The number of benzene rings is 2. The van der Waals surface area contributed by atoms with E-state index < -0.39 is 60.2 Å². The molecule has 0 unspecified atom stereocenters. The zero-order valence-corrected chi connectivity index (χ0v) is 37.2. The Morgan fingerprint density at radius 1 is 0.758 bits per heavy atom. The number of pyridine rings is 1. The van der Waals surface area contributed by atoms with Crippen molar-refractivity contribution in [1.29, 1.82) is 0 Å². The Kier molecular flexibility index (Phi) is 23.7. The lowest BCUT2D eigenvalue weighted by Gasteiger charge is -2.30. The molecule has 0 aliphatic carbocycles. The van der Waals surface area contributed by atoms with Crippen molar-refractivity contribution in [3.8, 4) is 11.5 Å². The van der Waals surface area contributed by atoms with Crippen LogP contribution in [-0.4, -0.2) is 123 Å². The second-order valence-corrected chi connectivity index (χ2v) is 14.8. The van der Waals surface area contributed by atoms with Crippen molar-refractivity contribution in [3.05, 3.63) is 89.7 Å². The van der Waals surface area contributed by atoms with Gasteiger partial charge in [0.1, 0.15) is 43.2 Å². The Morgan fingerprint density at radius 2 is 1.26 bits per heavy atom. The van der Waals surface area contributed by atoms with E-state index in [2.05, 4.69) is 29.9 Å². The van der Waals surface area contributed by atoms with Crippen molar-refractivity contribution in [1.82, 2.24) is 10.3 Å². The molecule has 5 rings (SSSR count). The lowest BCUT2D eigenvalue weighted by Crippen LogP contribution is -3.00. The molecule has 16 nitrogen and oxygen atoms in total. The summed E-state index contributed by atoms with van der Waals surface area (Å²) in [6.07, 6.45) is 2.29. The van der Waals surface area contributed by atoms with Crippen LogP contribution in [0.5, 0.6) is 11.5 Å². The second kappa shape index (κ2) is 28.3. The van der Waals surface area contributed by atoms with Crippen molar-refractivity contribution < 1.29 is 80.3 Å². The predicted octanol–water partition coefficient (Wildman–Crippen LogP) is 0.960. The van der Waals surface area contributed by atoms with E-state index in [0.29, 0.717) is 33.0 Å². The molecule has 62 heavy (non-hydrogen) atoms. The van der Waals surface area contributed by atoms with E-state index in [1.807, 2.05) is 67.6 Å². The highest BCUT2D eigenvalue weighted by Crippen LogP contribution is 2.28. The van der Waals surface area contributed by atoms with Gasteiger partial charge in [0.2, 0.25) is 6.04 Å². The molecular weight excluding hydrogens is 826 g/mol. The fourth-order valence-corrected chi connectivity index (χ4v) is 6.40. The number of carbonyl (C=O) groups excluding carboxylic acids is 3. The largest absolute Gasteiger partial charge is 1.00 e. The maximum Gasteiger partial charge on any atom is 0.367 e. The number of methoxy groups -OCH3 is 1. The number of nitrogens with one attached hydrogen (secondary N) is 1. The molecule has 3 heterocycles. The summed E-state index contributed by atoms with van der Waals surface area (Å²) in [5.74, 6) is -2.17. The standard InChI is InChI=1S/C26H34N2O8.C19H29NO5.ClH/c1-4-5-13-34-21-16-33-15-19(28-25(30)22-23(29)20(32-3)11-12-27-22)26(31)36-17(2)24(21)35-14-18-9-7-6-8-10-18;1-3-4-10-23-17-13-22-12-16(20)19(21)25-14(2)18(17)24-11-15-8-6-5-7-9-15;/h6-12,17,19,21,24,29H,4-5,13-16H2,1-3H3,(H,28,30);5-9,14,16-18H,3-4,10-13,20H2,1-2H3;1H/t17-,19-,21-,24-;14-,16-,17-,18-;/m00./s1. The molecule has 17 heteroatoms. The molecular formula is C45H64ClN3O13. The Labute approximate surface area is 370 Å². The number of carbonyl (C=O) groups is 3. The first-order valence-corrected chi connectivity index (χ1v) is 21.0. The summed E-state index contributed by atoms with van der Waals surface area (Å²) in [5.41, 5.74) is 5.55. The smallest absolute Gasteiger partial charge is 0.367 e. The quantitative estimate of drug-likeness (QED) is 0.128. The Bertz CT molecular complexity index is 1740. The monoisotopic (exact) mass is 889 g/mol. The highest BCUT2D eigenvalue weighted by Gasteiger charge is 2.38. The van der Waals surface area contributed by atoms with Gasteiger partial charge in [-0.3, -0.25) is 4.79 Å². The lowest BCUT2D eigenvalue weighted by atomic mass is 10.1. The zero-order chi connectivity index (χ0) is 44.0. The minimum atomic E-state index is -1.13. The van der Waals surface area contributed by atoms with E-state index in [1.54, 1.807) is 6.92 Å². The fraction of sp³-hybridized carbons (Fsp3) is 0.556. The number of hydrogen-bond donors (Lipinski definition) is 3. The van der Waals surface area contributed by atoms with Crippen molar-refractivity contribution in [3.63, 3.8) is 0 Å². The molecule has 344 valence electrons. The van der Waals surface area contributed by atoms with Gasteiger partial charge >= 0.3 is 11.9 Å². The van der Waals surface area contributed by atoms with E-state index in [4.69, 9.17) is 42.6 Å². The molecule has 2 aliphatic heterocycles. The molecule has 2 aromatic carbocycles. The summed E-state index contributed by atoms with van der Waals surface area (Å²) in [5, 5.41) is 12.8. The number of amides is 1. The average molecular weight is 890 g/mol. The number of unbranched alkanes of at least 4 members (excludes halogenated alkanes) is 2. The molecule has 0 bridgehead atoms.